The zero-order valence-electron chi connectivity index (χ0n) is 18.6. The maximum atomic E-state index is 13.5. The Morgan fingerprint density at radius 3 is 2.41 bits per heavy atom. The van der Waals surface area contributed by atoms with Crippen molar-refractivity contribution in [3.63, 3.8) is 0 Å². The minimum absolute atomic E-state index is 0.0151. The Kier molecular flexibility index (Phi) is 6.36. The van der Waals surface area contributed by atoms with Gasteiger partial charge in [0.1, 0.15) is 18.1 Å². The van der Waals surface area contributed by atoms with Crippen molar-refractivity contribution in [3.05, 3.63) is 90.3 Å². The summed E-state index contributed by atoms with van der Waals surface area (Å²) in [5.41, 5.74) is 3.63. The van der Waals surface area contributed by atoms with Crippen LogP contribution in [0.15, 0.2) is 78.9 Å². The van der Waals surface area contributed by atoms with E-state index in [2.05, 4.69) is 0 Å². The van der Waals surface area contributed by atoms with Crippen LogP contribution < -0.4 is 9.64 Å². The lowest BCUT2D eigenvalue weighted by Crippen LogP contribution is -2.39. The molecule has 32 heavy (non-hydrogen) atoms. The van der Waals surface area contributed by atoms with Crippen LogP contribution in [-0.4, -0.2) is 28.6 Å². The predicted octanol–water partition coefficient (Wildman–Crippen LogP) is 5.66. The van der Waals surface area contributed by atoms with Crippen molar-refractivity contribution >= 4 is 34.8 Å². The Balaban J connectivity index is 1.72. The summed E-state index contributed by atoms with van der Waals surface area (Å²) in [7, 11) is 1.66. The molecule has 0 unspecified atom stereocenters. The van der Waals surface area contributed by atoms with Crippen LogP contribution in [0.4, 0.5) is 5.69 Å². The molecule has 1 aromatic heterocycles. The van der Waals surface area contributed by atoms with Gasteiger partial charge in [0.05, 0.1) is 18.1 Å². The summed E-state index contributed by atoms with van der Waals surface area (Å²) in [5.74, 6) is 1.53. The van der Waals surface area contributed by atoms with Gasteiger partial charge in [0.15, 0.2) is 0 Å². The Labute approximate surface area is 188 Å². The first-order chi connectivity index (χ1) is 15.6. The number of carbonyl (C=O) groups is 1. The summed E-state index contributed by atoms with van der Waals surface area (Å²) in [6.45, 7) is 4.25. The lowest BCUT2D eigenvalue weighted by atomic mass is 10.2. The van der Waals surface area contributed by atoms with Gasteiger partial charge < -0.3 is 14.2 Å². The smallest absolute Gasteiger partial charge is 0.247 e. The van der Waals surface area contributed by atoms with Gasteiger partial charge in [-0.3, -0.25) is 4.79 Å². The van der Waals surface area contributed by atoms with Gasteiger partial charge in [0.2, 0.25) is 5.91 Å². The fraction of sp³-hybridized carbons (Fsp3) is 0.185. The Bertz CT molecular complexity index is 1240. The number of fused-ring (bicyclic) bond motifs is 1. The molecule has 0 bridgehead atoms. The molecule has 0 saturated carbocycles. The van der Waals surface area contributed by atoms with Crippen LogP contribution in [0.5, 0.6) is 5.75 Å². The number of ether oxygens (including phenoxy) is 1. The number of nitrogens with zero attached hydrogens (tertiary/aromatic N) is 3. The molecule has 3 aromatic carbocycles. The van der Waals surface area contributed by atoms with E-state index >= 15 is 0 Å². The minimum atomic E-state index is 0.0151. The SMILES string of the molecule is COc1ccccc1/C=C/c1nc2ccccc2n1CC(=O)N(c1ccccc1)C(C)C. The number of benzene rings is 3. The fourth-order valence-electron chi connectivity index (χ4n) is 3.89. The van der Waals surface area contributed by atoms with Crippen LogP contribution in [0, 0.1) is 0 Å². The standard InChI is InChI=1S/C27H27N3O2/c1-20(2)30(22-12-5-4-6-13-22)27(31)19-29-24-15-9-8-14-23(24)28-26(29)18-17-21-11-7-10-16-25(21)32-3/h4-18,20H,19H2,1-3H3/b18-17+. The normalized spacial score (nSPS) is 11.4. The lowest BCUT2D eigenvalue weighted by molar-refractivity contribution is -0.119. The molecular formula is C27H27N3O2. The van der Waals surface area contributed by atoms with Crippen LogP contribution in [0.3, 0.4) is 0 Å². The summed E-state index contributed by atoms with van der Waals surface area (Å²) in [6.07, 6.45) is 3.91. The Morgan fingerprint density at radius 2 is 1.66 bits per heavy atom. The minimum Gasteiger partial charge on any atom is -0.496 e. The molecule has 1 amide bonds. The van der Waals surface area contributed by atoms with Gasteiger partial charge in [-0.15, -0.1) is 0 Å². The third-order valence-corrected chi connectivity index (χ3v) is 5.35. The van der Waals surface area contributed by atoms with Crippen molar-refractivity contribution in [3.8, 4) is 5.75 Å². The monoisotopic (exact) mass is 425 g/mol. The number of amides is 1. The molecule has 0 aliphatic carbocycles. The third kappa shape index (κ3) is 4.42. The van der Waals surface area contributed by atoms with E-state index in [1.807, 2.05) is 114 Å². The van der Waals surface area contributed by atoms with E-state index in [-0.39, 0.29) is 18.5 Å². The van der Waals surface area contributed by atoms with Gasteiger partial charge in [-0.1, -0.05) is 48.5 Å². The molecule has 0 N–H and O–H groups in total. The van der Waals surface area contributed by atoms with Crippen molar-refractivity contribution in [1.29, 1.82) is 0 Å². The zero-order chi connectivity index (χ0) is 22.5. The topological polar surface area (TPSA) is 47.4 Å². The molecular weight excluding hydrogens is 398 g/mol. The van der Waals surface area contributed by atoms with E-state index < -0.39 is 0 Å². The van der Waals surface area contributed by atoms with E-state index in [0.717, 1.165) is 33.9 Å². The van der Waals surface area contributed by atoms with E-state index in [1.165, 1.54) is 0 Å². The maximum Gasteiger partial charge on any atom is 0.247 e. The predicted molar refractivity (Wildman–Crippen MR) is 131 cm³/mol. The Hall–Kier alpha value is -3.86. The highest BCUT2D eigenvalue weighted by Gasteiger charge is 2.21. The van der Waals surface area contributed by atoms with Crippen molar-refractivity contribution in [2.24, 2.45) is 0 Å². The summed E-state index contributed by atoms with van der Waals surface area (Å²) >= 11 is 0. The summed E-state index contributed by atoms with van der Waals surface area (Å²) < 4.78 is 7.43. The molecule has 0 radical (unpaired) electrons. The van der Waals surface area contributed by atoms with Crippen molar-refractivity contribution in [2.45, 2.75) is 26.4 Å². The van der Waals surface area contributed by atoms with Crippen LogP contribution in [0.2, 0.25) is 0 Å². The van der Waals surface area contributed by atoms with Crippen LogP contribution in [0.1, 0.15) is 25.2 Å². The molecule has 162 valence electrons. The largest absolute Gasteiger partial charge is 0.496 e. The van der Waals surface area contributed by atoms with Gasteiger partial charge in [-0.25, -0.2) is 4.98 Å². The second-order valence-electron chi connectivity index (χ2n) is 7.81. The summed E-state index contributed by atoms with van der Waals surface area (Å²) in [6, 6.07) is 25.5. The zero-order valence-corrected chi connectivity index (χ0v) is 18.6. The second-order valence-corrected chi connectivity index (χ2v) is 7.81. The summed E-state index contributed by atoms with van der Waals surface area (Å²) in [5, 5.41) is 0. The molecule has 1 heterocycles. The lowest BCUT2D eigenvalue weighted by Gasteiger charge is -2.27. The number of hydrogen-bond acceptors (Lipinski definition) is 3. The quantitative estimate of drug-likeness (QED) is 0.384. The first-order valence-electron chi connectivity index (χ1n) is 10.7. The number of hydrogen-bond donors (Lipinski definition) is 0. The molecule has 0 fully saturated rings. The third-order valence-electron chi connectivity index (χ3n) is 5.35. The van der Waals surface area contributed by atoms with Crippen molar-refractivity contribution in [2.75, 3.05) is 12.0 Å². The highest BCUT2D eigenvalue weighted by Crippen LogP contribution is 2.23. The van der Waals surface area contributed by atoms with E-state index in [9.17, 15) is 4.79 Å². The van der Waals surface area contributed by atoms with Crippen LogP contribution in [0.25, 0.3) is 23.2 Å². The molecule has 5 heteroatoms. The van der Waals surface area contributed by atoms with Gasteiger partial charge in [-0.2, -0.15) is 0 Å². The van der Waals surface area contributed by atoms with Gasteiger partial charge in [0, 0.05) is 17.3 Å². The molecule has 0 saturated heterocycles. The highest BCUT2D eigenvalue weighted by molar-refractivity contribution is 5.95. The number of carbonyl (C=O) groups excluding carboxylic acids is 1. The number of rotatable bonds is 7. The van der Waals surface area contributed by atoms with Gasteiger partial charge in [-0.05, 0) is 56.3 Å². The number of anilines is 1. The molecule has 5 nitrogen and oxygen atoms in total. The van der Waals surface area contributed by atoms with E-state index in [1.54, 1.807) is 7.11 Å². The fourth-order valence-corrected chi connectivity index (χ4v) is 3.89. The first kappa shape index (κ1) is 21.4. The van der Waals surface area contributed by atoms with Crippen molar-refractivity contribution < 1.29 is 9.53 Å². The number of methoxy groups -OCH3 is 1. The van der Waals surface area contributed by atoms with Crippen LogP contribution in [-0.2, 0) is 11.3 Å². The molecule has 0 atom stereocenters. The van der Waals surface area contributed by atoms with Crippen LogP contribution >= 0.6 is 0 Å². The summed E-state index contributed by atoms with van der Waals surface area (Å²) in [4.78, 5) is 20.1. The molecule has 0 spiro atoms. The number of aromatic nitrogens is 2. The number of para-hydroxylation sites is 4. The molecule has 0 aliphatic heterocycles. The highest BCUT2D eigenvalue weighted by atomic mass is 16.5. The van der Waals surface area contributed by atoms with Gasteiger partial charge in [0.25, 0.3) is 0 Å². The average Bonchev–Trinajstić information content (AvgIpc) is 3.15. The molecule has 0 aliphatic rings. The number of imidazole rings is 1. The van der Waals surface area contributed by atoms with E-state index in [0.29, 0.717) is 0 Å². The molecule has 4 aromatic rings. The molecule has 4 rings (SSSR count). The second kappa shape index (κ2) is 9.52. The maximum absolute atomic E-state index is 13.5. The first-order valence-corrected chi connectivity index (χ1v) is 10.7. The van der Waals surface area contributed by atoms with E-state index in [4.69, 9.17) is 9.72 Å². The Morgan fingerprint density at radius 1 is 0.969 bits per heavy atom. The van der Waals surface area contributed by atoms with Crippen molar-refractivity contribution in [1.82, 2.24) is 9.55 Å². The average molecular weight is 426 g/mol. The van der Waals surface area contributed by atoms with Gasteiger partial charge >= 0.3 is 0 Å².